The number of imidazole rings is 1. The standard InChI is InChI=1S/C22H16ClFN4O2S/c23-14-5-1-13(2-6-14)19-25-18-20(28(19)16-9-10-16)26-22(27-21(18)30)31-11-17(29)12-3-7-15(24)8-4-12/h1-8,16H,9-11H2,(H,26,27,30). The predicted octanol–water partition coefficient (Wildman–Crippen LogP) is 4.89. The molecule has 0 aliphatic heterocycles. The number of thioether (sulfide) groups is 1. The summed E-state index contributed by atoms with van der Waals surface area (Å²) in [6.07, 6.45) is 1.98. The molecule has 0 unspecified atom stereocenters. The SMILES string of the molecule is O=C(CSc1nc2c(nc(-c3ccc(Cl)cc3)n2C2CC2)c(=O)[nH]1)c1ccc(F)cc1. The van der Waals surface area contributed by atoms with Crippen LogP contribution in [0.4, 0.5) is 4.39 Å². The average molecular weight is 455 g/mol. The lowest BCUT2D eigenvalue weighted by Gasteiger charge is -2.07. The summed E-state index contributed by atoms with van der Waals surface area (Å²) in [5, 5.41) is 0.968. The van der Waals surface area contributed by atoms with Crippen LogP contribution < -0.4 is 5.56 Å². The highest BCUT2D eigenvalue weighted by Gasteiger charge is 2.30. The first kappa shape index (κ1) is 20.0. The number of nitrogens with one attached hydrogen (secondary N) is 1. The first-order valence-electron chi connectivity index (χ1n) is 9.69. The fraction of sp³-hybridized carbons (Fsp3) is 0.182. The summed E-state index contributed by atoms with van der Waals surface area (Å²) in [7, 11) is 0. The molecular weight excluding hydrogens is 439 g/mol. The number of benzene rings is 2. The lowest BCUT2D eigenvalue weighted by molar-refractivity contribution is 0.102. The third-order valence-electron chi connectivity index (χ3n) is 5.05. The quantitative estimate of drug-likeness (QED) is 0.255. The van der Waals surface area contributed by atoms with E-state index in [1.165, 1.54) is 24.3 Å². The van der Waals surface area contributed by atoms with Crippen LogP contribution in [0.3, 0.4) is 0 Å². The van der Waals surface area contributed by atoms with E-state index in [0.717, 1.165) is 30.2 Å². The van der Waals surface area contributed by atoms with Crippen LogP contribution in [0.2, 0.25) is 5.02 Å². The molecule has 2 aromatic heterocycles. The van der Waals surface area contributed by atoms with Crippen LogP contribution in [0.15, 0.2) is 58.5 Å². The number of H-pyrrole nitrogens is 1. The molecule has 4 aromatic rings. The van der Waals surface area contributed by atoms with Gasteiger partial charge in [0, 0.05) is 22.2 Å². The molecule has 6 nitrogen and oxygen atoms in total. The lowest BCUT2D eigenvalue weighted by atomic mass is 10.1. The van der Waals surface area contributed by atoms with Crippen LogP contribution in [0.25, 0.3) is 22.6 Å². The molecule has 5 rings (SSSR count). The van der Waals surface area contributed by atoms with Crippen molar-refractivity contribution >= 4 is 40.3 Å². The molecule has 1 fully saturated rings. The number of aromatic nitrogens is 4. The highest BCUT2D eigenvalue weighted by Crippen LogP contribution is 2.40. The molecule has 2 aromatic carbocycles. The van der Waals surface area contributed by atoms with E-state index in [-0.39, 0.29) is 28.7 Å². The summed E-state index contributed by atoms with van der Waals surface area (Å²) >= 11 is 7.14. The van der Waals surface area contributed by atoms with Crippen molar-refractivity contribution in [3.05, 3.63) is 75.3 Å². The number of carbonyl (C=O) groups excluding carboxylic acids is 1. The molecular formula is C22H16ClFN4O2S. The van der Waals surface area contributed by atoms with Gasteiger partial charge in [-0.1, -0.05) is 23.4 Å². The van der Waals surface area contributed by atoms with E-state index < -0.39 is 5.82 Å². The zero-order chi connectivity index (χ0) is 21.5. The highest BCUT2D eigenvalue weighted by atomic mass is 35.5. The summed E-state index contributed by atoms with van der Waals surface area (Å²) in [6, 6.07) is 12.9. The zero-order valence-electron chi connectivity index (χ0n) is 16.1. The molecule has 0 atom stereocenters. The molecule has 31 heavy (non-hydrogen) atoms. The Morgan fingerprint density at radius 3 is 2.52 bits per heavy atom. The van der Waals surface area contributed by atoms with Gasteiger partial charge < -0.3 is 4.57 Å². The number of halogens is 2. The Balaban J connectivity index is 1.49. The van der Waals surface area contributed by atoms with E-state index in [2.05, 4.69) is 15.0 Å². The van der Waals surface area contributed by atoms with Crippen molar-refractivity contribution in [3.63, 3.8) is 0 Å². The van der Waals surface area contributed by atoms with Crippen LogP contribution in [0, 0.1) is 5.82 Å². The largest absolute Gasteiger partial charge is 0.305 e. The van der Waals surface area contributed by atoms with E-state index in [1.54, 1.807) is 12.1 Å². The summed E-state index contributed by atoms with van der Waals surface area (Å²) in [5.41, 5.74) is 1.69. The smallest absolute Gasteiger partial charge is 0.279 e. The molecule has 1 N–H and O–H groups in total. The Morgan fingerprint density at radius 2 is 1.84 bits per heavy atom. The first-order chi connectivity index (χ1) is 15.0. The van der Waals surface area contributed by atoms with Gasteiger partial charge in [-0.05, 0) is 61.4 Å². The van der Waals surface area contributed by atoms with Gasteiger partial charge in [0.1, 0.15) is 11.6 Å². The van der Waals surface area contributed by atoms with Crippen LogP contribution in [0.5, 0.6) is 0 Å². The minimum atomic E-state index is -0.398. The predicted molar refractivity (Wildman–Crippen MR) is 118 cm³/mol. The number of fused-ring (bicyclic) bond motifs is 1. The topological polar surface area (TPSA) is 80.6 Å². The van der Waals surface area contributed by atoms with Crippen molar-refractivity contribution in [2.75, 3.05) is 5.75 Å². The normalized spacial score (nSPS) is 13.6. The second-order valence-corrected chi connectivity index (χ2v) is 8.71. The van der Waals surface area contributed by atoms with Gasteiger partial charge in [-0.2, -0.15) is 0 Å². The number of ketones is 1. The number of nitrogens with zero attached hydrogens (tertiary/aromatic N) is 3. The fourth-order valence-corrected chi connectivity index (χ4v) is 4.24. The van der Waals surface area contributed by atoms with E-state index in [0.29, 0.717) is 27.2 Å². The molecule has 0 radical (unpaired) electrons. The van der Waals surface area contributed by atoms with Gasteiger partial charge in [0.05, 0.1) is 5.75 Å². The maximum Gasteiger partial charge on any atom is 0.279 e. The van der Waals surface area contributed by atoms with Crippen LogP contribution in [-0.2, 0) is 0 Å². The Labute approximate surface area is 185 Å². The third-order valence-corrected chi connectivity index (χ3v) is 6.17. The van der Waals surface area contributed by atoms with Gasteiger partial charge in [0.25, 0.3) is 5.56 Å². The Morgan fingerprint density at radius 1 is 1.13 bits per heavy atom. The van der Waals surface area contributed by atoms with Gasteiger partial charge in [-0.15, -0.1) is 0 Å². The molecule has 1 aliphatic carbocycles. The van der Waals surface area contributed by atoms with Gasteiger partial charge >= 0.3 is 0 Å². The van der Waals surface area contributed by atoms with Gasteiger partial charge in [0.2, 0.25) is 0 Å². The highest BCUT2D eigenvalue weighted by molar-refractivity contribution is 7.99. The first-order valence-corrected chi connectivity index (χ1v) is 11.1. The van der Waals surface area contributed by atoms with Crippen molar-refractivity contribution in [1.29, 1.82) is 0 Å². The maximum atomic E-state index is 13.1. The minimum Gasteiger partial charge on any atom is -0.305 e. The van der Waals surface area contributed by atoms with Crippen molar-refractivity contribution in [2.24, 2.45) is 0 Å². The summed E-state index contributed by atoms with van der Waals surface area (Å²) in [4.78, 5) is 37.0. The Kier molecular flexibility index (Phi) is 5.11. The van der Waals surface area contributed by atoms with Gasteiger partial charge in [0.15, 0.2) is 22.1 Å². The molecule has 0 spiro atoms. The van der Waals surface area contributed by atoms with Crippen molar-refractivity contribution < 1.29 is 9.18 Å². The molecule has 0 saturated heterocycles. The maximum absolute atomic E-state index is 13.1. The number of hydrogen-bond donors (Lipinski definition) is 1. The Hall–Kier alpha value is -2.97. The molecule has 0 amide bonds. The molecule has 156 valence electrons. The number of aromatic amines is 1. The number of rotatable bonds is 6. The van der Waals surface area contributed by atoms with E-state index in [1.807, 2.05) is 16.7 Å². The Bertz CT molecular complexity index is 1350. The second-order valence-electron chi connectivity index (χ2n) is 7.31. The van der Waals surface area contributed by atoms with Crippen molar-refractivity contribution in [2.45, 2.75) is 24.0 Å². The van der Waals surface area contributed by atoms with E-state index in [9.17, 15) is 14.0 Å². The molecule has 0 bridgehead atoms. The summed E-state index contributed by atoms with van der Waals surface area (Å²) in [6.45, 7) is 0. The van der Waals surface area contributed by atoms with E-state index >= 15 is 0 Å². The van der Waals surface area contributed by atoms with Gasteiger partial charge in [-0.3, -0.25) is 14.6 Å². The van der Waals surface area contributed by atoms with Crippen LogP contribution >= 0.6 is 23.4 Å². The third kappa shape index (κ3) is 4.00. The fourth-order valence-electron chi connectivity index (χ4n) is 3.37. The van der Waals surface area contributed by atoms with E-state index in [4.69, 9.17) is 11.6 Å². The average Bonchev–Trinajstić information content (AvgIpc) is 3.53. The minimum absolute atomic E-state index is 0.0711. The van der Waals surface area contributed by atoms with Crippen LogP contribution in [-0.4, -0.2) is 31.1 Å². The zero-order valence-corrected chi connectivity index (χ0v) is 17.7. The molecule has 1 aliphatic rings. The lowest BCUT2D eigenvalue weighted by Crippen LogP contribution is -2.11. The molecule has 2 heterocycles. The molecule has 9 heteroatoms. The van der Waals surface area contributed by atoms with Crippen molar-refractivity contribution in [3.8, 4) is 11.4 Å². The van der Waals surface area contributed by atoms with Crippen molar-refractivity contribution in [1.82, 2.24) is 19.5 Å². The number of carbonyl (C=O) groups is 1. The number of hydrogen-bond acceptors (Lipinski definition) is 5. The monoisotopic (exact) mass is 454 g/mol. The molecule has 1 saturated carbocycles. The second kappa shape index (κ2) is 7.94. The number of Topliss-reactive ketones (excluding diaryl/α,β-unsaturated/α-hetero) is 1. The van der Waals surface area contributed by atoms with Gasteiger partial charge in [-0.25, -0.2) is 14.4 Å². The summed E-state index contributed by atoms with van der Waals surface area (Å²) < 4.78 is 15.1. The van der Waals surface area contributed by atoms with Crippen LogP contribution in [0.1, 0.15) is 29.2 Å². The summed E-state index contributed by atoms with van der Waals surface area (Å²) in [5.74, 6) is 0.175.